The number of rotatable bonds is 4. The standard InChI is InChI=1S/C16H25F3N2/c1-10-8-12(16(17,18)19)6-7-13(10)14(21-20)9-11(2)15(3,4)5/h6-8,11,14,21H,9,20H2,1-5H3. The molecule has 2 atom stereocenters. The SMILES string of the molecule is Cc1cc(C(F)(F)F)ccc1C(CC(C)C(C)(C)C)NN. The first-order valence-corrected chi connectivity index (χ1v) is 7.10. The number of nitrogens with one attached hydrogen (secondary N) is 1. The van der Waals surface area contributed by atoms with Crippen LogP contribution in [-0.2, 0) is 6.18 Å². The molecule has 0 fully saturated rings. The maximum atomic E-state index is 12.7. The van der Waals surface area contributed by atoms with Crippen LogP contribution >= 0.6 is 0 Å². The predicted molar refractivity (Wildman–Crippen MR) is 79.5 cm³/mol. The quantitative estimate of drug-likeness (QED) is 0.630. The van der Waals surface area contributed by atoms with Gasteiger partial charge in [-0.05, 0) is 47.9 Å². The molecule has 0 aliphatic carbocycles. The smallest absolute Gasteiger partial charge is 0.271 e. The molecule has 0 spiro atoms. The summed E-state index contributed by atoms with van der Waals surface area (Å²) < 4.78 is 38.1. The van der Waals surface area contributed by atoms with Crippen LogP contribution in [0.3, 0.4) is 0 Å². The average Bonchev–Trinajstić information content (AvgIpc) is 2.33. The summed E-state index contributed by atoms with van der Waals surface area (Å²) >= 11 is 0. The number of hydrogen-bond acceptors (Lipinski definition) is 2. The van der Waals surface area contributed by atoms with Crippen LogP contribution in [-0.4, -0.2) is 0 Å². The summed E-state index contributed by atoms with van der Waals surface area (Å²) in [7, 11) is 0. The molecule has 0 aromatic heterocycles. The van der Waals surface area contributed by atoms with Crippen molar-refractivity contribution < 1.29 is 13.2 Å². The van der Waals surface area contributed by atoms with E-state index in [9.17, 15) is 13.2 Å². The van der Waals surface area contributed by atoms with Gasteiger partial charge in [0.2, 0.25) is 0 Å². The van der Waals surface area contributed by atoms with E-state index >= 15 is 0 Å². The summed E-state index contributed by atoms with van der Waals surface area (Å²) in [6, 6.07) is 3.68. The van der Waals surface area contributed by atoms with Crippen LogP contribution < -0.4 is 11.3 Å². The Morgan fingerprint density at radius 2 is 1.76 bits per heavy atom. The first kappa shape index (κ1) is 18.0. The number of hydrazine groups is 1. The second-order valence-corrected chi connectivity index (χ2v) is 6.79. The lowest BCUT2D eigenvalue weighted by atomic mass is 9.77. The molecule has 2 nitrogen and oxygen atoms in total. The Morgan fingerprint density at radius 1 is 1.19 bits per heavy atom. The number of benzene rings is 1. The molecule has 1 aromatic rings. The Morgan fingerprint density at radius 3 is 2.14 bits per heavy atom. The van der Waals surface area contributed by atoms with Gasteiger partial charge in [-0.2, -0.15) is 13.2 Å². The number of alkyl halides is 3. The van der Waals surface area contributed by atoms with Crippen molar-refractivity contribution in [1.82, 2.24) is 5.43 Å². The molecule has 1 aromatic carbocycles. The Kier molecular flexibility index (Phi) is 5.45. The molecule has 0 heterocycles. The van der Waals surface area contributed by atoms with Gasteiger partial charge in [-0.15, -0.1) is 0 Å². The van der Waals surface area contributed by atoms with Crippen molar-refractivity contribution in [2.45, 2.75) is 53.3 Å². The monoisotopic (exact) mass is 302 g/mol. The van der Waals surface area contributed by atoms with E-state index in [0.717, 1.165) is 18.1 Å². The van der Waals surface area contributed by atoms with Crippen molar-refractivity contribution >= 4 is 0 Å². The van der Waals surface area contributed by atoms with Gasteiger partial charge in [-0.25, -0.2) is 0 Å². The summed E-state index contributed by atoms with van der Waals surface area (Å²) in [5.41, 5.74) is 3.66. The summed E-state index contributed by atoms with van der Waals surface area (Å²) in [5, 5.41) is 0. The third-order valence-corrected chi connectivity index (χ3v) is 4.24. The van der Waals surface area contributed by atoms with Gasteiger partial charge in [0.1, 0.15) is 0 Å². The first-order chi connectivity index (χ1) is 9.46. The minimum absolute atomic E-state index is 0.120. The predicted octanol–water partition coefficient (Wildman–Crippen LogP) is 4.59. The third kappa shape index (κ3) is 4.71. The van der Waals surface area contributed by atoms with Gasteiger partial charge in [-0.1, -0.05) is 33.8 Å². The van der Waals surface area contributed by atoms with E-state index in [0.29, 0.717) is 11.5 Å². The van der Waals surface area contributed by atoms with Crippen LogP contribution in [0.2, 0.25) is 0 Å². The number of aryl methyl sites for hydroxylation is 1. The molecule has 0 saturated carbocycles. The number of halogens is 3. The van der Waals surface area contributed by atoms with E-state index in [4.69, 9.17) is 5.84 Å². The second-order valence-electron chi connectivity index (χ2n) is 6.79. The molecule has 5 heteroatoms. The van der Waals surface area contributed by atoms with Crippen LogP contribution in [0.4, 0.5) is 13.2 Å². The van der Waals surface area contributed by atoms with E-state index in [1.165, 1.54) is 12.1 Å². The highest BCUT2D eigenvalue weighted by Crippen LogP contribution is 2.36. The highest BCUT2D eigenvalue weighted by Gasteiger charge is 2.31. The van der Waals surface area contributed by atoms with Crippen LogP contribution in [0.15, 0.2) is 18.2 Å². The van der Waals surface area contributed by atoms with Gasteiger partial charge >= 0.3 is 6.18 Å². The maximum Gasteiger partial charge on any atom is 0.416 e. The molecule has 0 aliphatic heterocycles. The average molecular weight is 302 g/mol. The molecule has 120 valence electrons. The molecule has 21 heavy (non-hydrogen) atoms. The van der Waals surface area contributed by atoms with Gasteiger partial charge in [0, 0.05) is 6.04 Å². The highest BCUT2D eigenvalue weighted by molar-refractivity contribution is 5.34. The van der Waals surface area contributed by atoms with Gasteiger partial charge in [-0.3, -0.25) is 11.3 Å². The fourth-order valence-corrected chi connectivity index (χ4v) is 2.23. The Labute approximate surface area is 124 Å². The van der Waals surface area contributed by atoms with E-state index < -0.39 is 11.7 Å². The lowest BCUT2D eigenvalue weighted by Gasteiger charge is -2.31. The van der Waals surface area contributed by atoms with Crippen LogP contribution in [0.25, 0.3) is 0 Å². The molecule has 0 amide bonds. The summed E-state index contributed by atoms with van der Waals surface area (Å²) in [6.45, 7) is 10.3. The number of nitrogens with two attached hydrogens (primary N) is 1. The zero-order chi connectivity index (χ0) is 16.4. The second kappa shape index (κ2) is 6.36. The largest absolute Gasteiger partial charge is 0.416 e. The van der Waals surface area contributed by atoms with Crippen molar-refractivity contribution in [3.05, 3.63) is 34.9 Å². The minimum atomic E-state index is -4.31. The molecule has 0 radical (unpaired) electrons. The van der Waals surface area contributed by atoms with Crippen molar-refractivity contribution in [3.63, 3.8) is 0 Å². The van der Waals surface area contributed by atoms with Crippen LogP contribution in [0.1, 0.15) is 56.8 Å². The van der Waals surface area contributed by atoms with E-state index in [1.807, 2.05) is 0 Å². The molecule has 2 unspecified atom stereocenters. The van der Waals surface area contributed by atoms with Gasteiger partial charge in [0.05, 0.1) is 5.56 Å². The fourth-order valence-electron chi connectivity index (χ4n) is 2.23. The first-order valence-electron chi connectivity index (χ1n) is 7.10. The van der Waals surface area contributed by atoms with Crippen LogP contribution in [0, 0.1) is 18.3 Å². The molecular weight excluding hydrogens is 277 g/mol. The maximum absolute atomic E-state index is 12.7. The molecule has 0 bridgehead atoms. The van der Waals surface area contributed by atoms with E-state index in [2.05, 4.69) is 33.1 Å². The Bertz CT molecular complexity index is 475. The molecule has 0 saturated heterocycles. The zero-order valence-electron chi connectivity index (χ0n) is 13.3. The minimum Gasteiger partial charge on any atom is -0.271 e. The van der Waals surface area contributed by atoms with Gasteiger partial charge < -0.3 is 0 Å². The van der Waals surface area contributed by atoms with Crippen molar-refractivity contribution in [2.75, 3.05) is 0 Å². The van der Waals surface area contributed by atoms with Crippen LogP contribution in [0.5, 0.6) is 0 Å². The number of hydrogen-bond donors (Lipinski definition) is 2. The fraction of sp³-hybridized carbons (Fsp3) is 0.625. The van der Waals surface area contributed by atoms with Crippen molar-refractivity contribution in [1.29, 1.82) is 0 Å². The Hall–Kier alpha value is -1.07. The van der Waals surface area contributed by atoms with E-state index in [1.54, 1.807) is 6.92 Å². The zero-order valence-corrected chi connectivity index (χ0v) is 13.3. The molecule has 0 aliphatic rings. The highest BCUT2D eigenvalue weighted by atomic mass is 19.4. The summed E-state index contributed by atoms with van der Waals surface area (Å²) in [6.07, 6.45) is -3.54. The molecule has 1 rings (SSSR count). The van der Waals surface area contributed by atoms with Gasteiger partial charge in [0.15, 0.2) is 0 Å². The van der Waals surface area contributed by atoms with Crippen molar-refractivity contribution in [3.8, 4) is 0 Å². The Balaban J connectivity index is 3.02. The third-order valence-electron chi connectivity index (χ3n) is 4.24. The summed E-state index contributed by atoms with van der Waals surface area (Å²) in [4.78, 5) is 0. The lowest BCUT2D eigenvalue weighted by Crippen LogP contribution is -2.32. The molecular formula is C16H25F3N2. The normalized spacial score (nSPS) is 15.9. The van der Waals surface area contributed by atoms with Crippen molar-refractivity contribution in [2.24, 2.45) is 17.2 Å². The lowest BCUT2D eigenvalue weighted by molar-refractivity contribution is -0.137. The van der Waals surface area contributed by atoms with E-state index in [-0.39, 0.29) is 11.5 Å². The van der Waals surface area contributed by atoms with Gasteiger partial charge in [0.25, 0.3) is 0 Å². The molecule has 3 N–H and O–H groups in total. The summed E-state index contributed by atoms with van der Waals surface area (Å²) in [5.74, 6) is 5.99. The topological polar surface area (TPSA) is 38.0 Å².